The molecule has 0 aliphatic carbocycles. The lowest BCUT2D eigenvalue weighted by Crippen LogP contribution is -2.19. The van der Waals surface area contributed by atoms with Crippen LogP contribution in [0.3, 0.4) is 0 Å². The van der Waals surface area contributed by atoms with Gasteiger partial charge in [0.1, 0.15) is 5.82 Å². The van der Waals surface area contributed by atoms with E-state index in [1.54, 1.807) is 6.07 Å². The second kappa shape index (κ2) is 9.80. The van der Waals surface area contributed by atoms with Gasteiger partial charge in [0.25, 0.3) is 0 Å². The van der Waals surface area contributed by atoms with Crippen molar-refractivity contribution in [2.24, 2.45) is 0 Å². The highest BCUT2D eigenvalue weighted by Crippen LogP contribution is 2.31. The molecular weight excluding hydrogens is 447 g/mol. The molecule has 162 valence electrons. The van der Waals surface area contributed by atoms with E-state index in [4.69, 9.17) is 0 Å². The van der Waals surface area contributed by atoms with Crippen molar-refractivity contribution in [3.63, 3.8) is 0 Å². The van der Waals surface area contributed by atoms with Crippen LogP contribution in [0.2, 0.25) is 0 Å². The number of anilines is 3. The zero-order valence-electron chi connectivity index (χ0n) is 17.0. The van der Waals surface area contributed by atoms with E-state index in [1.807, 2.05) is 43.3 Å². The van der Waals surface area contributed by atoms with Gasteiger partial charge in [0, 0.05) is 17.1 Å². The van der Waals surface area contributed by atoms with Gasteiger partial charge in [-0.1, -0.05) is 29.5 Å². The lowest BCUT2D eigenvalue weighted by Gasteiger charge is -2.07. The third-order valence-corrected chi connectivity index (χ3v) is 6.55. The Hall–Kier alpha value is -3.43. The van der Waals surface area contributed by atoms with Crippen molar-refractivity contribution in [1.29, 1.82) is 0 Å². The summed E-state index contributed by atoms with van der Waals surface area (Å²) in [4.78, 5) is 28.9. The number of carbonyl (C=O) groups is 2. The number of carbonyl (C=O) groups excluding carboxylic acids is 2. The van der Waals surface area contributed by atoms with Crippen molar-refractivity contribution in [3.05, 3.63) is 78.1 Å². The van der Waals surface area contributed by atoms with Crippen molar-refractivity contribution in [2.75, 3.05) is 21.7 Å². The standard InChI is InChI=1S/C23H19FN4O2S2/c1-14-2-6-17(7-3-14)26-22(30)27-18-10-11-19-20(12-18)32-23(28-19)31-13-21(29)25-16-8-4-15(24)5-9-16/h2-12H,13H2,1H3,(H,25,29)(H2,26,27,30). The number of halogens is 1. The fraction of sp³-hybridized carbons (Fsp3) is 0.0870. The molecule has 0 aliphatic rings. The topological polar surface area (TPSA) is 83.1 Å². The Morgan fingerprint density at radius 3 is 2.28 bits per heavy atom. The van der Waals surface area contributed by atoms with Crippen LogP contribution >= 0.6 is 23.1 Å². The van der Waals surface area contributed by atoms with E-state index in [-0.39, 0.29) is 23.5 Å². The molecule has 9 heteroatoms. The second-order valence-electron chi connectivity index (χ2n) is 6.95. The van der Waals surface area contributed by atoms with Gasteiger partial charge in [0.05, 0.1) is 16.0 Å². The number of rotatable bonds is 6. The van der Waals surface area contributed by atoms with E-state index < -0.39 is 0 Å². The third kappa shape index (κ3) is 5.83. The molecule has 4 aromatic rings. The average Bonchev–Trinajstić information content (AvgIpc) is 3.18. The van der Waals surface area contributed by atoms with E-state index in [0.717, 1.165) is 20.1 Å². The maximum absolute atomic E-state index is 13.0. The molecular formula is C23H19FN4O2S2. The fourth-order valence-corrected chi connectivity index (χ4v) is 4.74. The maximum atomic E-state index is 13.0. The van der Waals surface area contributed by atoms with Crippen molar-refractivity contribution in [3.8, 4) is 0 Å². The van der Waals surface area contributed by atoms with Gasteiger partial charge >= 0.3 is 6.03 Å². The van der Waals surface area contributed by atoms with Crippen LogP contribution in [0, 0.1) is 12.7 Å². The molecule has 32 heavy (non-hydrogen) atoms. The van der Waals surface area contributed by atoms with E-state index >= 15 is 0 Å². The Balaban J connectivity index is 1.33. The zero-order chi connectivity index (χ0) is 22.5. The Labute approximate surface area is 192 Å². The first-order valence-corrected chi connectivity index (χ1v) is 11.5. The lowest BCUT2D eigenvalue weighted by molar-refractivity contribution is -0.113. The largest absolute Gasteiger partial charge is 0.325 e. The number of amides is 3. The van der Waals surface area contributed by atoms with Gasteiger partial charge in [0.2, 0.25) is 5.91 Å². The van der Waals surface area contributed by atoms with Gasteiger partial charge < -0.3 is 16.0 Å². The molecule has 1 aromatic heterocycles. The van der Waals surface area contributed by atoms with Gasteiger partial charge in [0.15, 0.2) is 4.34 Å². The van der Waals surface area contributed by atoms with Crippen molar-refractivity contribution < 1.29 is 14.0 Å². The van der Waals surface area contributed by atoms with Crippen LogP contribution in [-0.4, -0.2) is 22.7 Å². The minimum atomic E-state index is -0.353. The fourth-order valence-electron chi connectivity index (χ4n) is 2.83. The highest BCUT2D eigenvalue weighted by Gasteiger charge is 2.10. The van der Waals surface area contributed by atoms with Crippen molar-refractivity contribution in [2.45, 2.75) is 11.3 Å². The number of nitrogens with one attached hydrogen (secondary N) is 3. The summed E-state index contributed by atoms with van der Waals surface area (Å²) < 4.78 is 14.6. The molecule has 6 nitrogen and oxygen atoms in total. The number of fused-ring (bicyclic) bond motifs is 1. The van der Waals surface area contributed by atoms with E-state index in [1.165, 1.54) is 47.4 Å². The molecule has 0 atom stereocenters. The predicted octanol–water partition coefficient (Wildman–Crippen LogP) is 6.12. The Kier molecular flexibility index (Phi) is 6.67. The molecule has 3 N–H and O–H groups in total. The number of thioether (sulfide) groups is 1. The Morgan fingerprint density at radius 2 is 1.53 bits per heavy atom. The smallest absolute Gasteiger partial charge is 0.323 e. The quantitative estimate of drug-likeness (QED) is 0.299. The first-order valence-electron chi connectivity index (χ1n) is 9.68. The molecule has 0 aliphatic heterocycles. The van der Waals surface area contributed by atoms with E-state index in [0.29, 0.717) is 17.1 Å². The third-order valence-electron chi connectivity index (χ3n) is 4.39. The van der Waals surface area contributed by atoms with Gasteiger partial charge in [-0.3, -0.25) is 4.79 Å². The van der Waals surface area contributed by atoms with Gasteiger partial charge in [-0.2, -0.15) is 0 Å². The van der Waals surface area contributed by atoms with Crippen LogP contribution in [0.4, 0.5) is 26.2 Å². The van der Waals surface area contributed by atoms with Crippen molar-refractivity contribution >= 4 is 62.3 Å². The first-order chi connectivity index (χ1) is 15.4. The molecule has 0 radical (unpaired) electrons. The highest BCUT2D eigenvalue weighted by molar-refractivity contribution is 8.01. The minimum absolute atomic E-state index is 0.182. The highest BCUT2D eigenvalue weighted by atomic mass is 32.2. The number of nitrogens with zero attached hydrogens (tertiary/aromatic N) is 1. The van der Waals surface area contributed by atoms with E-state index in [9.17, 15) is 14.0 Å². The minimum Gasteiger partial charge on any atom is -0.325 e. The number of hydrogen-bond acceptors (Lipinski definition) is 5. The summed E-state index contributed by atoms with van der Waals surface area (Å²) in [6.45, 7) is 1.98. The number of urea groups is 1. The molecule has 0 saturated carbocycles. The summed E-state index contributed by atoms with van der Waals surface area (Å²) in [5.41, 5.74) is 3.82. The monoisotopic (exact) mass is 466 g/mol. The molecule has 3 aromatic carbocycles. The number of thiazole rings is 1. The molecule has 0 saturated heterocycles. The summed E-state index contributed by atoms with van der Waals surface area (Å²) >= 11 is 2.77. The zero-order valence-corrected chi connectivity index (χ0v) is 18.6. The van der Waals surface area contributed by atoms with Crippen LogP contribution < -0.4 is 16.0 Å². The van der Waals surface area contributed by atoms with Gasteiger partial charge in [-0.25, -0.2) is 14.2 Å². The van der Waals surface area contributed by atoms with Gasteiger partial charge in [-0.05, 0) is 61.5 Å². The molecule has 0 spiro atoms. The van der Waals surface area contributed by atoms with Gasteiger partial charge in [-0.15, -0.1) is 11.3 Å². The van der Waals surface area contributed by atoms with Crippen LogP contribution in [0.25, 0.3) is 10.2 Å². The van der Waals surface area contributed by atoms with Crippen LogP contribution in [-0.2, 0) is 4.79 Å². The number of benzene rings is 3. The summed E-state index contributed by atoms with van der Waals surface area (Å²) in [5, 5.41) is 8.34. The number of aryl methyl sites for hydroxylation is 1. The molecule has 3 amide bonds. The average molecular weight is 467 g/mol. The molecule has 0 fully saturated rings. The van der Waals surface area contributed by atoms with Crippen LogP contribution in [0.15, 0.2) is 71.1 Å². The molecule has 4 rings (SSSR count). The van der Waals surface area contributed by atoms with Crippen LogP contribution in [0.5, 0.6) is 0 Å². The summed E-state index contributed by atoms with van der Waals surface area (Å²) in [6, 6.07) is 18.3. The molecule has 1 heterocycles. The predicted molar refractivity (Wildman–Crippen MR) is 129 cm³/mol. The SMILES string of the molecule is Cc1ccc(NC(=O)Nc2ccc3nc(SCC(=O)Nc4ccc(F)cc4)sc3c2)cc1. The van der Waals surface area contributed by atoms with Crippen LogP contribution in [0.1, 0.15) is 5.56 Å². The summed E-state index contributed by atoms with van der Waals surface area (Å²) in [6.07, 6.45) is 0. The summed E-state index contributed by atoms with van der Waals surface area (Å²) in [7, 11) is 0. The first kappa shape index (κ1) is 21.8. The van der Waals surface area contributed by atoms with E-state index in [2.05, 4.69) is 20.9 Å². The summed E-state index contributed by atoms with van der Waals surface area (Å²) in [5.74, 6) is -0.370. The molecule has 0 unspecified atom stereocenters. The Morgan fingerprint density at radius 1 is 0.906 bits per heavy atom. The molecule has 0 bridgehead atoms. The Bertz CT molecular complexity index is 1260. The lowest BCUT2D eigenvalue weighted by atomic mass is 10.2. The number of aromatic nitrogens is 1. The second-order valence-corrected chi connectivity index (χ2v) is 9.20. The normalized spacial score (nSPS) is 10.7. The van der Waals surface area contributed by atoms with Crippen molar-refractivity contribution in [1.82, 2.24) is 4.98 Å². The maximum Gasteiger partial charge on any atom is 0.323 e. The number of hydrogen-bond donors (Lipinski definition) is 3.